The monoisotopic (exact) mass is 666 g/mol. The van der Waals surface area contributed by atoms with Crippen LogP contribution in [0.25, 0.3) is 0 Å². The molecule has 0 aromatic heterocycles. The van der Waals surface area contributed by atoms with E-state index >= 15 is 0 Å². The van der Waals surface area contributed by atoms with E-state index in [2.05, 4.69) is 0 Å². The third-order valence-corrected chi connectivity index (χ3v) is 0. The minimum Gasteiger partial charge on any atom is 0 e. The van der Waals surface area contributed by atoms with E-state index in [9.17, 15) is 0 Å². The molecule has 0 heterocycles. The molecule has 0 aromatic rings. The molecule has 0 bridgehead atoms. The summed E-state index contributed by atoms with van der Waals surface area (Å²) in [5.41, 5.74) is 0. The first-order chi connectivity index (χ1) is 1.00. The van der Waals surface area contributed by atoms with Crippen molar-refractivity contribution < 1.29 is 22.2 Å². The van der Waals surface area contributed by atoms with Crippen molar-refractivity contribution in [2.24, 2.45) is 0 Å². The Morgan fingerprint density at radius 2 is 1.14 bits per heavy atom. The molecule has 26 valence electrons. The largest absolute Gasteiger partial charge is 0 e. The predicted molar refractivity (Wildman–Crippen MR) is 29.5 cm³/mol. The summed E-state index contributed by atoms with van der Waals surface area (Å²) in [6.45, 7) is 0. The summed E-state index contributed by atoms with van der Waals surface area (Å²) in [6, 6.07) is 0. The van der Waals surface area contributed by atoms with Crippen molar-refractivity contribution in [3.63, 3.8) is 0 Å². The standard InChI is InChI=1S/Ga.Ge.In.O.Pb.Sn.Zn. The van der Waals surface area contributed by atoms with Gasteiger partial charge in [0.25, 0.3) is 0 Å². The average molecular weight is 664 g/mol. The molecule has 0 spiro atoms. The van der Waals surface area contributed by atoms with Gasteiger partial charge in [-0.2, -0.15) is 0 Å². The van der Waals surface area contributed by atoms with E-state index in [0.29, 0.717) is 0 Å². The van der Waals surface area contributed by atoms with E-state index in [4.69, 9.17) is 2.69 Å². The van der Waals surface area contributed by atoms with Crippen LogP contribution in [-0.2, 0) is 22.2 Å². The van der Waals surface area contributed by atoms with Crippen molar-refractivity contribution in [2.75, 3.05) is 0 Å². The maximum absolute atomic E-state index is 8.39. The molecule has 0 atom stereocenters. The summed E-state index contributed by atoms with van der Waals surface area (Å²) in [6.07, 6.45) is 0. The molecule has 0 fully saturated rings. The first kappa shape index (κ1) is 43.1. The van der Waals surface area contributed by atoms with Gasteiger partial charge in [-0.05, 0) is 0 Å². The molecule has 0 amide bonds. The summed E-state index contributed by atoms with van der Waals surface area (Å²) in [5.74, 6) is 0. The van der Waals surface area contributed by atoms with Crippen molar-refractivity contribution >= 4 is 113 Å². The van der Waals surface area contributed by atoms with Crippen LogP contribution in [0.1, 0.15) is 0 Å². The third-order valence-electron chi connectivity index (χ3n) is 0. The van der Waals surface area contributed by atoms with Crippen LogP contribution < -0.4 is 0 Å². The molecular formula is GaGeInOPbSnZn. The van der Waals surface area contributed by atoms with Crippen molar-refractivity contribution in [1.29, 1.82) is 0 Å². The summed E-state index contributed by atoms with van der Waals surface area (Å²) >= 11 is 0.0556. The topological polar surface area (TPSA) is 17.1 Å². The molecule has 0 unspecified atom stereocenters. The van der Waals surface area contributed by atoms with Crippen LogP contribution in [0.5, 0.6) is 0 Å². The number of hydrogen-bond donors (Lipinski definition) is 0. The minimum atomic E-state index is 0. The van der Waals surface area contributed by atoms with Crippen LogP contribution in [0, 0.1) is 0 Å². The fourth-order valence-corrected chi connectivity index (χ4v) is 0. The summed E-state index contributed by atoms with van der Waals surface area (Å²) in [4.78, 5) is 0. The zero-order valence-corrected chi connectivity index (χ0v) is 21.3. The van der Waals surface area contributed by atoms with Crippen molar-refractivity contribution in [2.45, 2.75) is 0 Å². The molecule has 0 aliphatic carbocycles. The van der Waals surface area contributed by atoms with Gasteiger partial charge in [0.05, 0.1) is 0 Å². The average Bonchev–Trinajstić information content (AvgIpc) is 1.00. The Kier molecular flexibility index (Phi) is 302. The quantitative estimate of drug-likeness (QED) is 0.274. The molecular weight excluding hydrogens is 664 g/mol. The van der Waals surface area contributed by atoms with Gasteiger partial charge in [0.2, 0.25) is 0 Å². The van der Waals surface area contributed by atoms with E-state index in [1.165, 1.54) is 0 Å². The fourth-order valence-electron chi connectivity index (χ4n) is 0. The summed E-state index contributed by atoms with van der Waals surface area (Å²) in [5, 5.41) is 0. The maximum atomic E-state index is 8.39. The molecule has 7 heavy (non-hydrogen) atoms. The van der Waals surface area contributed by atoms with Gasteiger partial charge in [-0.1, -0.05) is 0 Å². The summed E-state index contributed by atoms with van der Waals surface area (Å²) in [7, 11) is 0. The number of rotatable bonds is 0. The molecule has 1 nitrogen and oxygen atoms in total. The van der Waals surface area contributed by atoms with Crippen molar-refractivity contribution in [3.05, 3.63) is 0 Å². The van der Waals surface area contributed by atoms with Gasteiger partial charge in [-0.25, -0.2) is 0 Å². The Morgan fingerprint density at radius 3 is 1.14 bits per heavy atom. The van der Waals surface area contributed by atoms with Crippen LogP contribution in [0.3, 0.4) is 0 Å². The third kappa shape index (κ3) is 38.9. The van der Waals surface area contributed by atoms with Crippen LogP contribution in [-0.4, -0.2) is 113 Å². The van der Waals surface area contributed by atoms with Gasteiger partial charge in [-0.15, -0.1) is 0 Å². The van der Waals surface area contributed by atoms with Crippen LogP contribution in [0.15, 0.2) is 0 Å². The Balaban J connectivity index is -0.000000000500. The van der Waals surface area contributed by atoms with Crippen LogP contribution in [0.4, 0.5) is 0 Å². The van der Waals surface area contributed by atoms with Crippen molar-refractivity contribution in [3.8, 4) is 0 Å². The Morgan fingerprint density at radius 1 is 1.14 bits per heavy atom. The van der Waals surface area contributed by atoms with Gasteiger partial charge in [0.1, 0.15) is 0 Å². The molecule has 0 aliphatic heterocycles. The molecule has 7 heteroatoms. The predicted octanol–water partition coefficient (Wildman–Crippen LogP) is -2.03. The van der Waals surface area contributed by atoms with E-state index in [0.717, 1.165) is 0 Å². The van der Waals surface area contributed by atoms with E-state index in [1.54, 1.807) is 0 Å². The first-order valence-corrected chi connectivity index (χ1v) is 1.79. The van der Waals surface area contributed by atoms with Crippen LogP contribution >= 0.6 is 0 Å². The van der Waals surface area contributed by atoms with Gasteiger partial charge < -0.3 is 0 Å². The zero-order valence-electron chi connectivity index (χ0n) is 3.77. The zero-order chi connectivity index (χ0) is 2.00. The Bertz CT molecular complexity index is 19.7. The van der Waals surface area contributed by atoms with Gasteiger partial charge >= 0.3 is 28.5 Å². The Labute approximate surface area is 132 Å². The van der Waals surface area contributed by atoms with Gasteiger partial charge in [0.15, 0.2) is 0 Å². The Hall–Kier alpha value is 4.19. The molecule has 0 N–H and O–H groups in total. The number of hydrogen-bond acceptors (Lipinski definition) is 1. The van der Waals surface area contributed by atoms with Crippen LogP contribution in [0.2, 0.25) is 0 Å². The van der Waals surface area contributed by atoms with Crippen molar-refractivity contribution in [1.82, 2.24) is 0 Å². The second-order valence-electron chi connectivity index (χ2n) is 0. The summed E-state index contributed by atoms with van der Waals surface area (Å²) < 4.78 is 8.39. The first-order valence-electron chi connectivity index (χ1n) is 0.204. The SMILES string of the molecule is [Ga].[Ge].[In].[O]=[Pb].[Sn].[Zn]. The molecule has 16 radical (unpaired) electrons. The molecule has 0 rings (SSSR count). The minimum absolute atomic E-state index is 0. The smallest absolute Gasteiger partial charge is 0 e. The molecule has 0 saturated carbocycles. The normalized spacial score (nSPS) is 0.571. The fraction of sp³-hybridized carbons (Fsp3) is 0. The van der Waals surface area contributed by atoms with Gasteiger partial charge in [0, 0.05) is 107 Å². The molecule has 0 aliphatic rings. The maximum Gasteiger partial charge on any atom is 0 e. The van der Waals surface area contributed by atoms with Gasteiger partial charge in [-0.3, -0.25) is 0 Å². The van der Waals surface area contributed by atoms with E-state index < -0.39 is 0 Å². The molecule has 0 aromatic carbocycles. The second kappa shape index (κ2) is 49.0. The van der Waals surface area contributed by atoms with E-state index in [1.807, 2.05) is 0 Å². The molecule has 0 saturated heterocycles. The second-order valence-corrected chi connectivity index (χ2v) is 0. The van der Waals surface area contributed by atoms with E-state index in [-0.39, 0.29) is 132 Å².